The first-order chi connectivity index (χ1) is 6.50. The number of rotatable bonds is 4. The second kappa shape index (κ2) is 3.96. The molecule has 0 aliphatic heterocycles. The average molecular weight is 201 g/mol. The lowest BCUT2D eigenvalue weighted by Crippen LogP contribution is -2.64. The van der Waals surface area contributed by atoms with Crippen molar-refractivity contribution < 1.29 is 19.4 Å². The normalized spacial score (nSPS) is 30.6. The van der Waals surface area contributed by atoms with E-state index in [0.29, 0.717) is 19.4 Å². The van der Waals surface area contributed by atoms with Crippen LogP contribution in [0.5, 0.6) is 0 Å². The van der Waals surface area contributed by atoms with Gasteiger partial charge >= 0.3 is 5.97 Å². The Bertz CT molecular complexity index is 245. The number of ether oxygens (including phenoxy) is 1. The summed E-state index contributed by atoms with van der Waals surface area (Å²) >= 11 is 0. The van der Waals surface area contributed by atoms with Gasteiger partial charge in [-0.3, -0.25) is 4.79 Å². The molecular formula is C9H15NO4. The second-order valence-electron chi connectivity index (χ2n) is 3.55. The molecule has 1 saturated carbocycles. The van der Waals surface area contributed by atoms with Crippen LogP contribution in [0, 0.1) is 0 Å². The minimum atomic E-state index is -1.09. The molecule has 80 valence electrons. The third-order valence-electron chi connectivity index (χ3n) is 2.38. The predicted molar refractivity (Wildman–Crippen MR) is 48.8 cm³/mol. The maximum atomic E-state index is 10.9. The topological polar surface area (TPSA) is 75.6 Å². The first-order valence-electron chi connectivity index (χ1n) is 4.64. The van der Waals surface area contributed by atoms with Gasteiger partial charge in [-0.2, -0.15) is 0 Å². The zero-order chi connectivity index (χ0) is 10.8. The van der Waals surface area contributed by atoms with E-state index in [1.54, 1.807) is 0 Å². The largest absolute Gasteiger partial charge is 0.480 e. The maximum absolute atomic E-state index is 10.9. The number of hydrogen-bond acceptors (Lipinski definition) is 3. The summed E-state index contributed by atoms with van der Waals surface area (Å²) in [4.78, 5) is 21.7. The van der Waals surface area contributed by atoms with Crippen molar-refractivity contribution >= 4 is 11.9 Å². The van der Waals surface area contributed by atoms with Gasteiger partial charge in [0, 0.05) is 26.4 Å². The molecule has 1 fully saturated rings. The van der Waals surface area contributed by atoms with Crippen LogP contribution in [0.15, 0.2) is 0 Å². The summed E-state index contributed by atoms with van der Waals surface area (Å²) in [7, 11) is 0. The van der Waals surface area contributed by atoms with Crippen molar-refractivity contribution in [3.8, 4) is 0 Å². The van der Waals surface area contributed by atoms with E-state index in [1.807, 2.05) is 6.92 Å². The number of aliphatic carboxylic acids is 1. The molecule has 1 aliphatic rings. The monoisotopic (exact) mass is 201 g/mol. The van der Waals surface area contributed by atoms with Crippen LogP contribution in [0.2, 0.25) is 0 Å². The molecule has 0 spiro atoms. The Balaban J connectivity index is 2.53. The minimum Gasteiger partial charge on any atom is -0.480 e. The quantitative estimate of drug-likeness (QED) is 0.678. The van der Waals surface area contributed by atoms with Gasteiger partial charge in [0.15, 0.2) is 0 Å². The molecule has 1 amide bonds. The van der Waals surface area contributed by atoms with Crippen molar-refractivity contribution in [2.45, 2.75) is 38.3 Å². The number of carbonyl (C=O) groups is 2. The Morgan fingerprint density at radius 1 is 1.57 bits per heavy atom. The van der Waals surface area contributed by atoms with E-state index in [1.165, 1.54) is 6.92 Å². The van der Waals surface area contributed by atoms with E-state index in [4.69, 9.17) is 9.84 Å². The third-order valence-corrected chi connectivity index (χ3v) is 2.38. The molecule has 0 aromatic heterocycles. The van der Waals surface area contributed by atoms with Crippen LogP contribution < -0.4 is 5.32 Å². The Hall–Kier alpha value is -1.10. The maximum Gasteiger partial charge on any atom is 0.329 e. The van der Waals surface area contributed by atoms with E-state index < -0.39 is 11.5 Å². The van der Waals surface area contributed by atoms with E-state index in [-0.39, 0.29) is 12.0 Å². The fourth-order valence-corrected chi connectivity index (χ4v) is 1.74. The van der Waals surface area contributed by atoms with E-state index in [2.05, 4.69) is 5.32 Å². The van der Waals surface area contributed by atoms with Gasteiger partial charge in [-0.15, -0.1) is 0 Å². The number of hydrogen-bond donors (Lipinski definition) is 2. The molecule has 2 N–H and O–H groups in total. The first-order valence-corrected chi connectivity index (χ1v) is 4.64. The van der Waals surface area contributed by atoms with Crippen molar-refractivity contribution in [1.29, 1.82) is 0 Å². The number of nitrogens with one attached hydrogen (secondary N) is 1. The van der Waals surface area contributed by atoms with E-state index in [0.717, 1.165) is 0 Å². The highest BCUT2D eigenvalue weighted by atomic mass is 16.5. The van der Waals surface area contributed by atoms with Crippen LogP contribution in [0.3, 0.4) is 0 Å². The lowest BCUT2D eigenvalue weighted by Gasteiger charge is -2.43. The molecule has 1 aliphatic carbocycles. The van der Waals surface area contributed by atoms with Crippen LogP contribution in [0.4, 0.5) is 0 Å². The number of carboxylic acid groups (broad SMARTS) is 1. The molecule has 14 heavy (non-hydrogen) atoms. The van der Waals surface area contributed by atoms with Crippen molar-refractivity contribution in [3.05, 3.63) is 0 Å². The Morgan fingerprint density at radius 2 is 2.14 bits per heavy atom. The van der Waals surface area contributed by atoms with Crippen molar-refractivity contribution in [2.24, 2.45) is 0 Å². The fourth-order valence-electron chi connectivity index (χ4n) is 1.74. The standard InChI is InChI=1S/C9H15NO4/c1-3-14-7-4-9(5-7,8(12)13)10-6(2)11/h7H,3-5H2,1-2H3,(H,10,11)(H,12,13). The number of carbonyl (C=O) groups excluding carboxylic acids is 1. The van der Waals surface area contributed by atoms with Crippen LogP contribution in [0.25, 0.3) is 0 Å². The summed E-state index contributed by atoms with van der Waals surface area (Å²) in [6.45, 7) is 3.75. The van der Waals surface area contributed by atoms with E-state index >= 15 is 0 Å². The lowest BCUT2D eigenvalue weighted by molar-refractivity contribution is -0.160. The smallest absolute Gasteiger partial charge is 0.329 e. The van der Waals surface area contributed by atoms with Gasteiger partial charge in [0.1, 0.15) is 5.54 Å². The molecule has 0 radical (unpaired) electrons. The van der Waals surface area contributed by atoms with Crippen LogP contribution in [0.1, 0.15) is 26.7 Å². The molecule has 5 heteroatoms. The van der Waals surface area contributed by atoms with Gasteiger partial charge in [-0.05, 0) is 6.92 Å². The zero-order valence-corrected chi connectivity index (χ0v) is 8.37. The zero-order valence-electron chi connectivity index (χ0n) is 8.37. The first kappa shape index (κ1) is 11.0. The summed E-state index contributed by atoms with van der Waals surface area (Å²) in [6, 6.07) is 0. The summed E-state index contributed by atoms with van der Waals surface area (Å²) in [5, 5.41) is 11.4. The highest BCUT2D eigenvalue weighted by molar-refractivity contribution is 5.87. The van der Waals surface area contributed by atoms with Crippen molar-refractivity contribution in [3.63, 3.8) is 0 Å². The molecule has 0 aromatic carbocycles. The number of carboxylic acids is 1. The van der Waals surface area contributed by atoms with Crippen LogP contribution in [-0.4, -0.2) is 35.2 Å². The molecule has 0 aromatic rings. The predicted octanol–water partition coefficient (Wildman–Crippen LogP) is 0.145. The SMILES string of the molecule is CCOC1CC(NC(C)=O)(C(=O)O)C1. The van der Waals surface area contributed by atoms with E-state index in [9.17, 15) is 9.59 Å². The summed E-state index contributed by atoms with van der Waals surface area (Å²) in [5.74, 6) is -1.30. The van der Waals surface area contributed by atoms with Crippen LogP contribution >= 0.6 is 0 Å². The van der Waals surface area contributed by atoms with Gasteiger partial charge in [0.2, 0.25) is 5.91 Å². The molecule has 1 rings (SSSR count). The third kappa shape index (κ3) is 2.04. The Morgan fingerprint density at radius 3 is 2.50 bits per heavy atom. The number of amides is 1. The molecular weight excluding hydrogens is 186 g/mol. The minimum absolute atomic E-state index is 0.0389. The summed E-state index contributed by atoms with van der Waals surface area (Å²) in [5.41, 5.74) is -1.09. The summed E-state index contributed by atoms with van der Waals surface area (Å²) in [6.07, 6.45) is 0.675. The van der Waals surface area contributed by atoms with Crippen molar-refractivity contribution in [1.82, 2.24) is 5.32 Å². The fraction of sp³-hybridized carbons (Fsp3) is 0.778. The van der Waals surface area contributed by atoms with Gasteiger partial charge in [-0.1, -0.05) is 0 Å². The molecule has 0 saturated heterocycles. The molecule has 0 heterocycles. The van der Waals surface area contributed by atoms with Crippen molar-refractivity contribution in [2.75, 3.05) is 6.61 Å². The Labute approximate surface area is 82.4 Å². The molecule has 0 unspecified atom stereocenters. The Kier molecular flexibility index (Phi) is 3.10. The molecule has 5 nitrogen and oxygen atoms in total. The van der Waals surface area contributed by atoms with Gasteiger partial charge in [0.05, 0.1) is 6.10 Å². The van der Waals surface area contributed by atoms with Gasteiger partial charge < -0.3 is 15.2 Å². The highest BCUT2D eigenvalue weighted by Crippen LogP contribution is 2.34. The van der Waals surface area contributed by atoms with Crippen LogP contribution in [-0.2, 0) is 14.3 Å². The molecule has 0 bridgehead atoms. The van der Waals surface area contributed by atoms with Gasteiger partial charge in [0.25, 0.3) is 0 Å². The summed E-state index contributed by atoms with van der Waals surface area (Å²) < 4.78 is 5.25. The average Bonchev–Trinajstić information content (AvgIpc) is 1.98. The second-order valence-corrected chi connectivity index (χ2v) is 3.55. The van der Waals surface area contributed by atoms with Gasteiger partial charge in [-0.25, -0.2) is 4.79 Å². The highest BCUT2D eigenvalue weighted by Gasteiger charge is 2.51. The molecule has 0 atom stereocenters. The lowest BCUT2D eigenvalue weighted by atomic mass is 9.74.